The third-order valence-corrected chi connectivity index (χ3v) is 5.53. The number of aromatic nitrogens is 3. The first kappa shape index (κ1) is 18.8. The first-order valence-electron chi connectivity index (χ1n) is 9.67. The number of rotatable bonds is 6. The summed E-state index contributed by atoms with van der Waals surface area (Å²) in [6.45, 7) is 6.00. The number of hydrogen-bond donors (Lipinski definition) is 0. The van der Waals surface area contributed by atoms with E-state index < -0.39 is 6.17 Å². The molecule has 2 saturated heterocycles. The summed E-state index contributed by atoms with van der Waals surface area (Å²) in [5.74, 6) is -0.145. The van der Waals surface area contributed by atoms with Crippen LogP contribution in [-0.2, 0) is 11.3 Å². The predicted molar refractivity (Wildman–Crippen MR) is 94.2 cm³/mol. The highest BCUT2D eigenvalue weighted by Gasteiger charge is 2.37. The van der Waals surface area contributed by atoms with Crippen molar-refractivity contribution in [2.75, 3.05) is 19.6 Å². The van der Waals surface area contributed by atoms with Crippen molar-refractivity contribution in [2.24, 2.45) is 5.92 Å². The lowest BCUT2D eigenvalue weighted by molar-refractivity contribution is -0.137. The molecule has 7 nitrogen and oxygen atoms in total. The van der Waals surface area contributed by atoms with Crippen molar-refractivity contribution >= 4 is 11.8 Å². The van der Waals surface area contributed by atoms with Crippen LogP contribution in [0.5, 0.6) is 0 Å². The van der Waals surface area contributed by atoms with Crippen LogP contribution >= 0.6 is 0 Å². The quantitative estimate of drug-likeness (QED) is 0.772. The monoisotopic (exact) mass is 365 g/mol. The molecule has 0 aromatic carbocycles. The van der Waals surface area contributed by atoms with Crippen LogP contribution in [0.1, 0.15) is 56.4 Å². The standard InChI is InChI=1S/C18H28FN5O2/c1-3-13(4-2)17(25)24-10-14(19)9-15(24)11-23-12-16(20-21-23)18(26)22-7-5-6-8-22/h12-15H,3-11H2,1-2H3/t14-,15-/m0/s1. The maximum atomic E-state index is 14.0. The second-order valence-electron chi connectivity index (χ2n) is 7.32. The van der Waals surface area contributed by atoms with Gasteiger partial charge >= 0.3 is 0 Å². The molecule has 0 spiro atoms. The Bertz CT molecular complexity index is 639. The van der Waals surface area contributed by atoms with Crippen LogP contribution in [0.25, 0.3) is 0 Å². The van der Waals surface area contributed by atoms with E-state index in [1.54, 1.807) is 20.7 Å². The molecule has 0 radical (unpaired) electrons. The maximum Gasteiger partial charge on any atom is 0.276 e. The molecule has 26 heavy (non-hydrogen) atoms. The molecule has 0 N–H and O–H groups in total. The molecule has 0 unspecified atom stereocenters. The molecule has 1 aromatic heterocycles. The minimum atomic E-state index is -1.01. The van der Waals surface area contributed by atoms with E-state index in [1.165, 1.54) is 0 Å². The largest absolute Gasteiger partial charge is 0.337 e. The van der Waals surface area contributed by atoms with Crippen LogP contribution in [0.2, 0.25) is 0 Å². The molecule has 2 aliphatic heterocycles. The average Bonchev–Trinajstić information content (AvgIpc) is 3.36. The molecular formula is C18H28FN5O2. The van der Waals surface area contributed by atoms with Crippen LogP contribution in [-0.4, -0.2) is 68.5 Å². The zero-order valence-electron chi connectivity index (χ0n) is 15.6. The van der Waals surface area contributed by atoms with Gasteiger partial charge in [-0.05, 0) is 25.7 Å². The molecule has 3 rings (SSSR count). The summed E-state index contributed by atoms with van der Waals surface area (Å²) in [4.78, 5) is 28.5. The fourth-order valence-corrected chi connectivity index (χ4v) is 3.96. The van der Waals surface area contributed by atoms with E-state index in [9.17, 15) is 14.0 Å². The van der Waals surface area contributed by atoms with Crippen LogP contribution in [0, 0.1) is 5.92 Å². The van der Waals surface area contributed by atoms with Gasteiger partial charge in [0.2, 0.25) is 5.91 Å². The molecule has 2 fully saturated rings. The number of carbonyl (C=O) groups excluding carboxylic acids is 2. The number of carbonyl (C=O) groups is 2. The van der Waals surface area contributed by atoms with Gasteiger partial charge in [0, 0.05) is 25.4 Å². The van der Waals surface area contributed by atoms with Crippen LogP contribution in [0.3, 0.4) is 0 Å². The van der Waals surface area contributed by atoms with Crippen LogP contribution < -0.4 is 0 Å². The second kappa shape index (κ2) is 8.14. The second-order valence-corrected chi connectivity index (χ2v) is 7.32. The van der Waals surface area contributed by atoms with E-state index in [4.69, 9.17) is 0 Å². The van der Waals surface area contributed by atoms with Crippen molar-refractivity contribution in [3.8, 4) is 0 Å². The third kappa shape index (κ3) is 3.88. The van der Waals surface area contributed by atoms with E-state index in [1.807, 2.05) is 13.8 Å². The van der Waals surface area contributed by atoms with Gasteiger partial charge in [0.15, 0.2) is 5.69 Å². The zero-order valence-corrected chi connectivity index (χ0v) is 15.6. The molecule has 0 aliphatic carbocycles. The van der Waals surface area contributed by atoms with E-state index in [-0.39, 0.29) is 30.3 Å². The molecule has 2 atom stereocenters. The minimum Gasteiger partial charge on any atom is -0.337 e. The molecule has 3 heterocycles. The lowest BCUT2D eigenvalue weighted by atomic mass is 10.0. The number of nitrogens with zero attached hydrogens (tertiary/aromatic N) is 5. The minimum absolute atomic E-state index is 0.0219. The smallest absolute Gasteiger partial charge is 0.276 e. The van der Waals surface area contributed by atoms with Crippen LogP contribution in [0.4, 0.5) is 4.39 Å². The lowest BCUT2D eigenvalue weighted by Crippen LogP contribution is -2.41. The summed E-state index contributed by atoms with van der Waals surface area (Å²) in [7, 11) is 0. The van der Waals surface area contributed by atoms with Crippen molar-refractivity contribution in [1.29, 1.82) is 0 Å². The highest BCUT2D eigenvalue weighted by atomic mass is 19.1. The number of alkyl halides is 1. The molecule has 144 valence electrons. The third-order valence-electron chi connectivity index (χ3n) is 5.53. The number of hydrogen-bond acceptors (Lipinski definition) is 4. The zero-order chi connectivity index (χ0) is 18.7. The van der Waals surface area contributed by atoms with Gasteiger partial charge in [-0.2, -0.15) is 0 Å². The Kier molecular flexibility index (Phi) is 5.88. The molecule has 8 heteroatoms. The fraction of sp³-hybridized carbons (Fsp3) is 0.778. The van der Waals surface area contributed by atoms with Gasteiger partial charge < -0.3 is 9.80 Å². The van der Waals surface area contributed by atoms with E-state index in [0.29, 0.717) is 18.7 Å². The molecule has 2 amide bonds. The van der Waals surface area contributed by atoms with Crippen molar-refractivity contribution in [1.82, 2.24) is 24.8 Å². The van der Waals surface area contributed by atoms with E-state index in [2.05, 4.69) is 10.3 Å². The van der Waals surface area contributed by atoms with Crippen molar-refractivity contribution < 1.29 is 14.0 Å². The van der Waals surface area contributed by atoms with Crippen molar-refractivity contribution in [3.63, 3.8) is 0 Å². The topological polar surface area (TPSA) is 71.3 Å². The normalized spacial score (nSPS) is 23.2. The Morgan fingerprint density at radius 1 is 1.27 bits per heavy atom. The van der Waals surface area contributed by atoms with Crippen LogP contribution in [0.15, 0.2) is 6.20 Å². The highest BCUT2D eigenvalue weighted by molar-refractivity contribution is 5.92. The van der Waals surface area contributed by atoms with Gasteiger partial charge in [-0.25, -0.2) is 9.07 Å². The lowest BCUT2D eigenvalue weighted by Gasteiger charge is -2.27. The number of halogens is 1. The SMILES string of the molecule is CCC(CC)C(=O)N1C[C@@H](F)C[C@H]1Cn1cc(C(=O)N2CCCC2)nn1. The van der Waals surface area contributed by atoms with Gasteiger partial charge in [-0.1, -0.05) is 19.1 Å². The van der Waals surface area contributed by atoms with Crippen molar-refractivity contribution in [3.05, 3.63) is 11.9 Å². The summed E-state index contributed by atoms with van der Waals surface area (Å²) in [6.07, 6.45) is 4.47. The Morgan fingerprint density at radius 3 is 2.62 bits per heavy atom. The maximum absolute atomic E-state index is 14.0. The first-order chi connectivity index (χ1) is 12.5. The fourth-order valence-electron chi connectivity index (χ4n) is 3.96. The van der Waals surface area contributed by atoms with Gasteiger partial charge in [-0.15, -0.1) is 5.10 Å². The molecule has 2 aliphatic rings. The summed E-state index contributed by atoms with van der Waals surface area (Å²) in [5.41, 5.74) is 0.319. The first-order valence-corrected chi connectivity index (χ1v) is 9.67. The van der Waals surface area contributed by atoms with Gasteiger partial charge in [0.05, 0.1) is 25.3 Å². The Labute approximate surface area is 153 Å². The summed E-state index contributed by atoms with van der Waals surface area (Å²) in [6, 6.07) is -0.241. The summed E-state index contributed by atoms with van der Waals surface area (Å²) < 4.78 is 15.6. The van der Waals surface area contributed by atoms with Crippen molar-refractivity contribution in [2.45, 2.75) is 64.7 Å². The van der Waals surface area contributed by atoms with Gasteiger partial charge in [0.1, 0.15) is 6.17 Å². The number of amides is 2. The Hall–Kier alpha value is -1.99. The Morgan fingerprint density at radius 2 is 1.96 bits per heavy atom. The van der Waals surface area contributed by atoms with Gasteiger partial charge in [-0.3, -0.25) is 9.59 Å². The summed E-state index contributed by atoms with van der Waals surface area (Å²) in [5, 5.41) is 8.02. The average molecular weight is 365 g/mol. The van der Waals surface area contributed by atoms with E-state index in [0.717, 1.165) is 38.8 Å². The molecule has 1 aromatic rings. The predicted octanol–water partition coefficient (Wildman–Crippen LogP) is 1.89. The highest BCUT2D eigenvalue weighted by Crippen LogP contribution is 2.25. The molecule has 0 saturated carbocycles. The Balaban J connectivity index is 1.67. The van der Waals surface area contributed by atoms with Gasteiger partial charge in [0.25, 0.3) is 5.91 Å². The number of likely N-dealkylation sites (tertiary alicyclic amines) is 2. The molecular weight excluding hydrogens is 337 g/mol. The summed E-state index contributed by atoms with van der Waals surface area (Å²) >= 11 is 0. The molecule has 0 bridgehead atoms. The van der Waals surface area contributed by atoms with E-state index >= 15 is 0 Å².